The van der Waals surface area contributed by atoms with Crippen LogP contribution in [0.5, 0.6) is 0 Å². The average molecular weight is 308 g/mol. The first-order valence-corrected chi connectivity index (χ1v) is 8.51. The third kappa shape index (κ3) is 4.42. The lowest BCUT2D eigenvalue weighted by molar-refractivity contribution is 0.272. The van der Waals surface area contributed by atoms with Gasteiger partial charge < -0.3 is 9.80 Å². The van der Waals surface area contributed by atoms with E-state index in [9.17, 15) is 9.59 Å². The van der Waals surface area contributed by atoms with Gasteiger partial charge in [-0.15, -0.1) is 0 Å². The first kappa shape index (κ1) is 18.9. The molecule has 0 spiro atoms. The summed E-state index contributed by atoms with van der Waals surface area (Å²) in [6.07, 6.45) is 3.35. The standard InChI is InChI=1S/C18H32N2O2/c1-7-10-20(11-8-2)13-9-12-19(6)15-14(18(3,4)5)16(21)17(15)22/h7-13H2,1-6H3. The molecule has 0 saturated heterocycles. The van der Waals surface area contributed by atoms with Gasteiger partial charge in [0.2, 0.25) is 10.9 Å². The average Bonchev–Trinajstić information content (AvgIpc) is 2.42. The molecule has 1 aromatic rings. The molecule has 0 fully saturated rings. The molecule has 0 amide bonds. The largest absolute Gasteiger partial charge is 0.371 e. The van der Waals surface area contributed by atoms with Crippen LogP contribution in [0.2, 0.25) is 0 Å². The number of rotatable bonds is 9. The van der Waals surface area contributed by atoms with Crippen molar-refractivity contribution in [1.82, 2.24) is 4.90 Å². The van der Waals surface area contributed by atoms with E-state index < -0.39 is 0 Å². The number of hydrogen-bond donors (Lipinski definition) is 0. The second kappa shape index (κ2) is 7.91. The maximum absolute atomic E-state index is 11.9. The van der Waals surface area contributed by atoms with E-state index in [1.807, 2.05) is 32.7 Å². The summed E-state index contributed by atoms with van der Waals surface area (Å²) in [5, 5.41) is 0. The number of nitrogens with zero attached hydrogens (tertiary/aromatic N) is 2. The highest BCUT2D eigenvalue weighted by Crippen LogP contribution is 2.27. The molecule has 0 N–H and O–H groups in total. The highest BCUT2D eigenvalue weighted by Gasteiger charge is 2.31. The van der Waals surface area contributed by atoms with Crippen molar-refractivity contribution in [2.24, 2.45) is 0 Å². The van der Waals surface area contributed by atoms with E-state index in [0.717, 1.165) is 32.6 Å². The number of hydrogen-bond acceptors (Lipinski definition) is 4. The minimum atomic E-state index is -0.314. The molecule has 0 unspecified atom stereocenters. The third-order valence-electron chi connectivity index (χ3n) is 4.06. The molecule has 126 valence electrons. The van der Waals surface area contributed by atoms with Gasteiger partial charge in [-0.3, -0.25) is 9.59 Å². The maximum atomic E-state index is 11.9. The van der Waals surface area contributed by atoms with Crippen molar-refractivity contribution in [3.63, 3.8) is 0 Å². The Labute approximate surface area is 134 Å². The van der Waals surface area contributed by atoms with Crippen molar-refractivity contribution in [3.8, 4) is 0 Å². The Morgan fingerprint density at radius 1 is 0.864 bits per heavy atom. The fourth-order valence-corrected chi connectivity index (χ4v) is 3.05. The predicted molar refractivity (Wildman–Crippen MR) is 95.0 cm³/mol. The number of anilines is 1. The molecule has 1 aromatic carbocycles. The van der Waals surface area contributed by atoms with Crippen LogP contribution >= 0.6 is 0 Å². The van der Waals surface area contributed by atoms with Crippen molar-refractivity contribution in [1.29, 1.82) is 0 Å². The monoisotopic (exact) mass is 308 g/mol. The van der Waals surface area contributed by atoms with Gasteiger partial charge in [-0.1, -0.05) is 34.6 Å². The van der Waals surface area contributed by atoms with Gasteiger partial charge in [-0.05, 0) is 44.3 Å². The first-order valence-electron chi connectivity index (χ1n) is 8.51. The molecule has 0 aromatic heterocycles. The Hall–Kier alpha value is -1.16. The topological polar surface area (TPSA) is 40.6 Å². The Kier molecular flexibility index (Phi) is 6.79. The zero-order chi connectivity index (χ0) is 16.9. The van der Waals surface area contributed by atoms with Crippen LogP contribution in [0.25, 0.3) is 0 Å². The molecule has 4 heteroatoms. The second-order valence-electron chi connectivity index (χ2n) is 7.25. The minimum Gasteiger partial charge on any atom is -0.371 e. The van der Waals surface area contributed by atoms with Gasteiger partial charge in [-0.25, -0.2) is 0 Å². The van der Waals surface area contributed by atoms with Crippen LogP contribution < -0.4 is 15.8 Å². The van der Waals surface area contributed by atoms with Gasteiger partial charge >= 0.3 is 0 Å². The molecule has 0 radical (unpaired) electrons. The second-order valence-corrected chi connectivity index (χ2v) is 7.25. The van der Waals surface area contributed by atoms with E-state index in [4.69, 9.17) is 0 Å². The SMILES string of the molecule is CCCN(CCC)CCCN(C)c1c(C(C)(C)C)c(=O)c1=O. The van der Waals surface area contributed by atoms with Gasteiger partial charge in [0.1, 0.15) is 0 Å². The molecule has 0 bridgehead atoms. The summed E-state index contributed by atoms with van der Waals surface area (Å²) >= 11 is 0. The summed E-state index contributed by atoms with van der Waals surface area (Å²) in [7, 11) is 1.93. The summed E-state index contributed by atoms with van der Waals surface area (Å²) in [6.45, 7) is 14.5. The van der Waals surface area contributed by atoms with E-state index in [1.54, 1.807) is 0 Å². The molecule has 0 saturated carbocycles. The van der Waals surface area contributed by atoms with E-state index in [2.05, 4.69) is 18.7 Å². The zero-order valence-electron chi connectivity index (χ0n) is 15.2. The normalized spacial score (nSPS) is 12.3. The lowest BCUT2D eigenvalue weighted by Crippen LogP contribution is -2.47. The smallest absolute Gasteiger partial charge is 0.249 e. The predicted octanol–water partition coefficient (Wildman–Crippen LogP) is 2.53. The first-order chi connectivity index (χ1) is 10.2. The van der Waals surface area contributed by atoms with E-state index in [1.165, 1.54) is 12.8 Å². The quantitative estimate of drug-likeness (QED) is 0.657. The Balaban J connectivity index is 2.64. The van der Waals surface area contributed by atoms with Crippen molar-refractivity contribution in [2.75, 3.05) is 38.1 Å². The van der Waals surface area contributed by atoms with Crippen molar-refractivity contribution >= 4 is 5.69 Å². The Morgan fingerprint density at radius 3 is 1.86 bits per heavy atom. The van der Waals surface area contributed by atoms with Crippen molar-refractivity contribution < 1.29 is 0 Å². The van der Waals surface area contributed by atoms with Crippen LogP contribution in [0.3, 0.4) is 0 Å². The molecule has 22 heavy (non-hydrogen) atoms. The molecule has 0 heterocycles. The fraction of sp³-hybridized carbons (Fsp3) is 0.778. The highest BCUT2D eigenvalue weighted by atomic mass is 16.2. The summed E-state index contributed by atoms with van der Waals surface area (Å²) in [6, 6.07) is 0. The van der Waals surface area contributed by atoms with Crippen LogP contribution in [0.15, 0.2) is 9.59 Å². The van der Waals surface area contributed by atoms with E-state index in [0.29, 0.717) is 11.3 Å². The van der Waals surface area contributed by atoms with E-state index >= 15 is 0 Å². The molecule has 0 atom stereocenters. The highest BCUT2D eigenvalue weighted by molar-refractivity contribution is 5.60. The molecular weight excluding hydrogens is 276 g/mol. The molecule has 0 aliphatic heterocycles. The van der Waals surface area contributed by atoms with Gasteiger partial charge in [0.25, 0.3) is 0 Å². The van der Waals surface area contributed by atoms with Gasteiger partial charge in [0.15, 0.2) is 0 Å². The van der Waals surface area contributed by atoms with Crippen molar-refractivity contribution in [2.45, 2.75) is 59.3 Å². The van der Waals surface area contributed by atoms with Gasteiger partial charge in [0, 0.05) is 19.2 Å². The lowest BCUT2D eigenvalue weighted by Gasteiger charge is -2.30. The van der Waals surface area contributed by atoms with Crippen LogP contribution in [0, 0.1) is 0 Å². The summed E-state index contributed by atoms with van der Waals surface area (Å²) in [5.41, 5.74) is 0.457. The lowest BCUT2D eigenvalue weighted by atomic mass is 9.82. The van der Waals surface area contributed by atoms with Crippen LogP contribution in [-0.2, 0) is 5.41 Å². The third-order valence-corrected chi connectivity index (χ3v) is 4.06. The summed E-state index contributed by atoms with van der Waals surface area (Å²) in [5.74, 6) is 0. The minimum absolute atomic E-state index is 0.259. The fourth-order valence-electron chi connectivity index (χ4n) is 3.05. The molecule has 0 aliphatic rings. The Bertz CT molecular complexity index is 530. The molecule has 4 nitrogen and oxygen atoms in total. The van der Waals surface area contributed by atoms with Crippen LogP contribution in [0.1, 0.15) is 59.4 Å². The Morgan fingerprint density at radius 2 is 1.41 bits per heavy atom. The molecule has 0 aliphatic carbocycles. The maximum Gasteiger partial charge on any atom is 0.249 e. The summed E-state index contributed by atoms with van der Waals surface area (Å²) in [4.78, 5) is 28.2. The van der Waals surface area contributed by atoms with Crippen LogP contribution in [-0.4, -0.2) is 38.1 Å². The van der Waals surface area contributed by atoms with Crippen LogP contribution in [0.4, 0.5) is 5.69 Å². The van der Waals surface area contributed by atoms with Gasteiger partial charge in [0.05, 0.1) is 5.69 Å². The van der Waals surface area contributed by atoms with Gasteiger partial charge in [-0.2, -0.15) is 0 Å². The molecule has 1 rings (SSSR count). The van der Waals surface area contributed by atoms with E-state index in [-0.39, 0.29) is 16.3 Å². The summed E-state index contributed by atoms with van der Waals surface area (Å²) < 4.78 is 0. The molecular formula is C18H32N2O2. The zero-order valence-corrected chi connectivity index (χ0v) is 15.2. The van der Waals surface area contributed by atoms with Crippen molar-refractivity contribution in [3.05, 3.63) is 26.0 Å².